The fraction of sp³-hybridized carbons (Fsp3) is 0.923. The van der Waals surface area contributed by atoms with Crippen LogP contribution >= 0.6 is 0 Å². The molecule has 1 atom stereocenters. The standard InChI is InChI=1S/C13H25N3O/c17-13(12-10-14-8-9-15-12)16-11-6-4-2-1-3-5-7-11/h11-12,14-15H,1-10H2,(H,16,17). The minimum Gasteiger partial charge on any atom is -0.352 e. The number of hydrogen-bond acceptors (Lipinski definition) is 3. The van der Waals surface area contributed by atoms with E-state index in [1.54, 1.807) is 0 Å². The highest BCUT2D eigenvalue weighted by molar-refractivity contribution is 5.82. The van der Waals surface area contributed by atoms with E-state index in [-0.39, 0.29) is 11.9 Å². The Morgan fingerprint density at radius 2 is 1.71 bits per heavy atom. The summed E-state index contributed by atoms with van der Waals surface area (Å²) < 4.78 is 0. The van der Waals surface area contributed by atoms with Crippen molar-refractivity contribution in [3.05, 3.63) is 0 Å². The van der Waals surface area contributed by atoms with Crippen LogP contribution in [0.4, 0.5) is 0 Å². The van der Waals surface area contributed by atoms with Crippen LogP contribution in [0.1, 0.15) is 44.9 Å². The Kier molecular flexibility index (Phi) is 5.26. The van der Waals surface area contributed by atoms with Crippen molar-refractivity contribution in [2.24, 2.45) is 0 Å². The molecule has 2 fully saturated rings. The molecule has 1 saturated carbocycles. The van der Waals surface area contributed by atoms with E-state index < -0.39 is 0 Å². The van der Waals surface area contributed by atoms with Gasteiger partial charge in [-0.25, -0.2) is 0 Å². The summed E-state index contributed by atoms with van der Waals surface area (Å²) in [4.78, 5) is 12.1. The highest BCUT2D eigenvalue weighted by atomic mass is 16.2. The summed E-state index contributed by atoms with van der Waals surface area (Å²) in [6.07, 6.45) is 8.88. The Bertz CT molecular complexity index is 231. The number of carbonyl (C=O) groups is 1. The Labute approximate surface area is 104 Å². The van der Waals surface area contributed by atoms with Gasteiger partial charge in [-0.2, -0.15) is 0 Å². The van der Waals surface area contributed by atoms with Crippen LogP contribution in [0.3, 0.4) is 0 Å². The number of hydrogen-bond donors (Lipinski definition) is 3. The molecule has 0 aromatic heterocycles. The second-order valence-corrected chi connectivity index (χ2v) is 5.26. The molecule has 0 radical (unpaired) electrons. The van der Waals surface area contributed by atoms with Crippen LogP contribution in [0.25, 0.3) is 0 Å². The van der Waals surface area contributed by atoms with Gasteiger partial charge in [0.05, 0.1) is 6.04 Å². The maximum atomic E-state index is 12.1. The molecule has 1 heterocycles. The van der Waals surface area contributed by atoms with Crippen molar-refractivity contribution in [2.45, 2.75) is 57.0 Å². The molecule has 1 aliphatic carbocycles. The van der Waals surface area contributed by atoms with E-state index in [2.05, 4.69) is 16.0 Å². The van der Waals surface area contributed by atoms with E-state index in [1.165, 1.54) is 32.1 Å². The van der Waals surface area contributed by atoms with Crippen molar-refractivity contribution in [3.63, 3.8) is 0 Å². The van der Waals surface area contributed by atoms with Crippen LogP contribution in [0.5, 0.6) is 0 Å². The molecule has 1 aliphatic heterocycles. The first-order chi connectivity index (χ1) is 8.36. The zero-order valence-corrected chi connectivity index (χ0v) is 10.6. The maximum Gasteiger partial charge on any atom is 0.238 e. The Balaban J connectivity index is 1.75. The predicted molar refractivity (Wildman–Crippen MR) is 68.9 cm³/mol. The summed E-state index contributed by atoms with van der Waals surface area (Å²) in [5, 5.41) is 9.73. The molecule has 1 amide bonds. The van der Waals surface area contributed by atoms with Gasteiger partial charge in [0.2, 0.25) is 5.91 Å². The third-order valence-corrected chi connectivity index (χ3v) is 3.81. The van der Waals surface area contributed by atoms with Gasteiger partial charge in [-0.05, 0) is 12.8 Å². The fourth-order valence-electron chi connectivity index (χ4n) is 2.74. The van der Waals surface area contributed by atoms with Gasteiger partial charge < -0.3 is 16.0 Å². The first kappa shape index (κ1) is 12.8. The number of piperazine rings is 1. The fourth-order valence-corrected chi connectivity index (χ4v) is 2.74. The summed E-state index contributed by atoms with van der Waals surface area (Å²) in [7, 11) is 0. The molecule has 2 rings (SSSR count). The third kappa shape index (κ3) is 4.28. The number of rotatable bonds is 2. The lowest BCUT2D eigenvalue weighted by Gasteiger charge is -2.27. The van der Waals surface area contributed by atoms with Crippen LogP contribution in [0, 0.1) is 0 Å². The van der Waals surface area contributed by atoms with Crippen molar-refractivity contribution in [2.75, 3.05) is 19.6 Å². The lowest BCUT2D eigenvalue weighted by molar-refractivity contribution is -0.124. The van der Waals surface area contributed by atoms with Crippen molar-refractivity contribution < 1.29 is 4.79 Å². The summed E-state index contributed by atoms with van der Waals surface area (Å²) in [6, 6.07) is 0.376. The molecule has 1 saturated heterocycles. The largest absolute Gasteiger partial charge is 0.352 e. The first-order valence-corrected chi connectivity index (χ1v) is 7.11. The average Bonchev–Trinajstić information content (AvgIpc) is 2.33. The molecule has 3 N–H and O–H groups in total. The molecular weight excluding hydrogens is 214 g/mol. The van der Waals surface area contributed by atoms with Crippen LogP contribution < -0.4 is 16.0 Å². The molecule has 4 heteroatoms. The molecule has 0 aromatic carbocycles. The van der Waals surface area contributed by atoms with Gasteiger partial charge in [-0.1, -0.05) is 32.1 Å². The molecule has 98 valence electrons. The van der Waals surface area contributed by atoms with Gasteiger partial charge in [0.25, 0.3) is 0 Å². The van der Waals surface area contributed by atoms with Gasteiger partial charge in [0.15, 0.2) is 0 Å². The minimum atomic E-state index is -0.0332. The number of nitrogens with one attached hydrogen (secondary N) is 3. The molecule has 2 aliphatic rings. The Morgan fingerprint density at radius 3 is 2.35 bits per heavy atom. The van der Waals surface area contributed by atoms with Crippen LogP contribution in [0.15, 0.2) is 0 Å². The van der Waals surface area contributed by atoms with Crippen LogP contribution in [-0.4, -0.2) is 37.6 Å². The molecular formula is C13H25N3O. The topological polar surface area (TPSA) is 53.2 Å². The highest BCUT2D eigenvalue weighted by Crippen LogP contribution is 2.17. The lowest BCUT2D eigenvalue weighted by atomic mass is 9.96. The van der Waals surface area contributed by atoms with E-state index in [0.29, 0.717) is 6.04 Å². The predicted octanol–water partition coefficient (Wildman–Crippen LogP) is 0.777. The summed E-state index contributed by atoms with van der Waals surface area (Å²) in [6.45, 7) is 2.62. The molecule has 1 unspecified atom stereocenters. The third-order valence-electron chi connectivity index (χ3n) is 3.81. The maximum absolute atomic E-state index is 12.1. The van der Waals surface area contributed by atoms with Crippen molar-refractivity contribution >= 4 is 5.91 Å². The van der Waals surface area contributed by atoms with Crippen LogP contribution in [0.2, 0.25) is 0 Å². The number of amides is 1. The van der Waals surface area contributed by atoms with Crippen molar-refractivity contribution in [3.8, 4) is 0 Å². The van der Waals surface area contributed by atoms with Crippen LogP contribution in [-0.2, 0) is 4.79 Å². The van der Waals surface area contributed by atoms with Gasteiger partial charge in [0.1, 0.15) is 0 Å². The van der Waals surface area contributed by atoms with E-state index in [9.17, 15) is 4.79 Å². The number of carbonyl (C=O) groups excluding carboxylic acids is 1. The smallest absolute Gasteiger partial charge is 0.238 e. The Morgan fingerprint density at radius 1 is 1.00 bits per heavy atom. The zero-order chi connectivity index (χ0) is 11.9. The second kappa shape index (κ2) is 6.97. The second-order valence-electron chi connectivity index (χ2n) is 5.26. The van der Waals surface area contributed by atoms with E-state index in [0.717, 1.165) is 32.5 Å². The summed E-state index contributed by atoms with van der Waals surface area (Å²) in [5.74, 6) is 0.183. The average molecular weight is 239 g/mol. The quantitative estimate of drug-likeness (QED) is 0.667. The summed E-state index contributed by atoms with van der Waals surface area (Å²) >= 11 is 0. The molecule has 4 nitrogen and oxygen atoms in total. The van der Waals surface area contributed by atoms with E-state index in [4.69, 9.17) is 0 Å². The monoisotopic (exact) mass is 239 g/mol. The summed E-state index contributed by atoms with van der Waals surface area (Å²) in [5.41, 5.74) is 0. The van der Waals surface area contributed by atoms with Gasteiger partial charge in [-0.3, -0.25) is 4.79 Å². The Hall–Kier alpha value is -0.610. The van der Waals surface area contributed by atoms with Crippen molar-refractivity contribution in [1.29, 1.82) is 0 Å². The lowest BCUT2D eigenvalue weighted by Crippen LogP contribution is -2.57. The van der Waals surface area contributed by atoms with E-state index in [1.807, 2.05) is 0 Å². The molecule has 0 aromatic rings. The van der Waals surface area contributed by atoms with Gasteiger partial charge >= 0.3 is 0 Å². The zero-order valence-electron chi connectivity index (χ0n) is 10.6. The first-order valence-electron chi connectivity index (χ1n) is 7.11. The normalized spacial score (nSPS) is 28.1. The molecule has 0 spiro atoms. The molecule has 17 heavy (non-hydrogen) atoms. The highest BCUT2D eigenvalue weighted by Gasteiger charge is 2.22. The minimum absolute atomic E-state index is 0.0332. The van der Waals surface area contributed by atoms with E-state index >= 15 is 0 Å². The van der Waals surface area contributed by atoms with Crippen molar-refractivity contribution in [1.82, 2.24) is 16.0 Å². The molecule has 0 bridgehead atoms. The van der Waals surface area contributed by atoms with Gasteiger partial charge in [0, 0.05) is 25.7 Å². The SMILES string of the molecule is O=C(NC1CCCCCCC1)C1CNCCN1. The van der Waals surface area contributed by atoms with Gasteiger partial charge in [-0.15, -0.1) is 0 Å².